The predicted octanol–water partition coefficient (Wildman–Crippen LogP) is 6.11. The fourth-order valence-corrected chi connectivity index (χ4v) is 3.73. The Balaban J connectivity index is 1.86. The van der Waals surface area contributed by atoms with Crippen molar-refractivity contribution >= 4 is 10.1 Å². The molecule has 0 aromatic heterocycles. The van der Waals surface area contributed by atoms with Crippen molar-refractivity contribution in [3.8, 4) is 17.2 Å². The summed E-state index contributed by atoms with van der Waals surface area (Å²) in [5.74, 6) is 0.303. The summed E-state index contributed by atoms with van der Waals surface area (Å²) in [7, 11) is -4.51. The van der Waals surface area contributed by atoms with E-state index in [-0.39, 0.29) is 5.75 Å². The van der Waals surface area contributed by atoms with E-state index in [9.17, 15) is 13.5 Å². The molecule has 0 saturated heterocycles. The van der Waals surface area contributed by atoms with Gasteiger partial charge in [-0.2, -0.15) is 8.42 Å². The highest BCUT2D eigenvalue weighted by Gasteiger charge is 2.16. The molecule has 5 nitrogen and oxygen atoms in total. The van der Waals surface area contributed by atoms with E-state index in [2.05, 4.69) is 13.0 Å². The number of phenols is 1. The smallest absolute Gasteiger partial charge is 0.298 e. The van der Waals surface area contributed by atoms with Crippen LogP contribution in [0.5, 0.6) is 17.2 Å². The second-order valence-corrected chi connectivity index (χ2v) is 8.47. The zero-order valence-corrected chi connectivity index (χ0v) is 17.2. The molecule has 2 N–H and O–H groups in total. The normalized spacial score (nSPS) is 11.5. The SMILES string of the molecule is CCCCCCCCCCc1cccc(Oc2ccc(O)c(S(=O)(=O)O)c2)c1. The van der Waals surface area contributed by atoms with Gasteiger partial charge in [0.15, 0.2) is 0 Å². The number of phenolic OH excluding ortho intramolecular Hbond substituents is 1. The van der Waals surface area contributed by atoms with Gasteiger partial charge >= 0.3 is 0 Å². The molecule has 0 saturated carbocycles. The van der Waals surface area contributed by atoms with Crippen LogP contribution in [-0.2, 0) is 16.5 Å². The van der Waals surface area contributed by atoms with Crippen LogP contribution in [0.3, 0.4) is 0 Å². The van der Waals surface area contributed by atoms with E-state index < -0.39 is 20.8 Å². The minimum Gasteiger partial charge on any atom is -0.506 e. The van der Waals surface area contributed by atoms with Crippen molar-refractivity contribution in [3.05, 3.63) is 48.0 Å². The monoisotopic (exact) mass is 406 g/mol. The van der Waals surface area contributed by atoms with Crippen LogP contribution in [0.25, 0.3) is 0 Å². The van der Waals surface area contributed by atoms with E-state index in [1.165, 1.54) is 57.1 Å². The first-order valence-electron chi connectivity index (χ1n) is 9.97. The maximum absolute atomic E-state index is 11.3. The number of aryl methyl sites for hydroxylation is 1. The Morgan fingerprint density at radius 1 is 0.857 bits per heavy atom. The van der Waals surface area contributed by atoms with E-state index >= 15 is 0 Å². The quantitative estimate of drug-likeness (QED) is 0.328. The van der Waals surface area contributed by atoms with Crippen molar-refractivity contribution in [3.63, 3.8) is 0 Å². The average molecular weight is 407 g/mol. The van der Waals surface area contributed by atoms with Gasteiger partial charge in [-0.3, -0.25) is 4.55 Å². The molecular weight excluding hydrogens is 376 g/mol. The van der Waals surface area contributed by atoms with E-state index in [0.29, 0.717) is 5.75 Å². The summed E-state index contributed by atoms with van der Waals surface area (Å²) in [5, 5.41) is 9.59. The van der Waals surface area contributed by atoms with Crippen LogP contribution in [0.2, 0.25) is 0 Å². The first-order valence-corrected chi connectivity index (χ1v) is 11.4. The molecular formula is C22H30O5S. The minimum atomic E-state index is -4.51. The number of hydrogen-bond donors (Lipinski definition) is 2. The molecule has 6 heteroatoms. The second-order valence-electron chi connectivity index (χ2n) is 7.08. The summed E-state index contributed by atoms with van der Waals surface area (Å²) in [6, 6.07) is 11.4. The molecule has 154 valence electrons. The lowest BCUT2D eigenvalue weighted by atomic mass is 10.0. The molecule has 0 amide bonds. The van der Waals surface area contributed by atoms with Gasteiger partial charge in [-0.15, -0.1) is 0 Å². The first kappa shape index (κ1) is 22.2. The van der Waals surface area contributed by atoms with Gasteiger partial charge in [0.05, 0.1) is 0 Å². The Hall–Kier alpha value is -2.05. The summed E-state index contributed by atoms with van der Waals surface area (Å²) in [5.41, 5.74) is 1.16. The van der Waals surface area contributed by atoms with E-state index in [0.717, 1.165) is 24.5 Å². The van der Waals surface area contributed by atoms with Gasteiger partial charge in [-0.05, 0) is 42.7 Å². The summed E-state index contributed by atoms with van der Waals surface area (Å²) in [4.78, 5) is -0.569. The van der Waals surface area contributed by atoms with Crippen LogP contribution < -0.4 is 4.74 Å². The summed E-state index contributed by atoms with van der Waals surface area (Å²) < 4.78 is 37.5. The van der Waals surface area contributed by atoms with Crippen molar-refractivity contribution in [2.45, 2.75) is 69.6 Å². The summed E-state index contributed by atoms with van der Waals surface area (Å²) in [6.45, 7) is 2.23. The number of ether oxygens (including phenoxy) is 1. The average Bonchev–Trinajstić information content (AvgIpc) is 2.65. The van der Waals surface area contributed by atoms with Crippen LogP contribution in [0, 0.1) is 0 Å². The van der Waals surface area contributed by atoms with Gasteiger partial charge in [-0.25, -0.2) is 0 Å². The third-order valence-corrected chi connectivity index (χ3v) is 5.55. The van der Waals surface area contributed by atoms with Crippen LogP contribution in [0.1, 0.15) is 63.9 Å². The maximum Gasteiger partial charge on any atom is 0.298 e. The first-order chi connectivity index (χ1) is 13.4. The molecule has 0 aliphatic carbocycles. The van der Waals surface area contributed by atoms with Crippen molar-refractivity contribution in [2.24, 2.45) is 0 Å². The van der Waals surface area contributed by atoms with Gasteiger partial charge in [-0.1, -0.05) is 64.0 Å². The minimum absolute atomic E-state index is 0.231. The topological polar surface area (TPSA) is 83.8 Å². The Labute approximate surface area is 168 Å². The third-order valence-electron chi connectivity index (χ3n) is 4.66. The van der Waals surface area contributed by atoms with Gasteiger partial charge in [0.25, 0.3) is 10.1 Å². The molecule has 0 heterocycles. The number of benzene rings is 2. The molecule has 2 aromatic carbocycles. The Morgan fingerprint density at radius 3 is 2.18 bits per heavy atom. The number of aromatic hydroxyl groups is 1. The van der Waals surface area contributed by atoms with Crippen LogP contribution in [0.4, 0.5) is 0 Å². The van der Waals surface area contributed by atoms with E-state index in [4.69, 9.17) is 9.29 Å². The lowest BCUT2D eigenvalue weighted by molar-refractivity contribution is 0.435. The summed E-state index contributed by atoms with van der Waals surface area (Å²) in [6.07, 6.45) is 11.2. The molecule has 28 heavy (non-hydrogen) atoms. The van der Waals surface area contributed by atoms with Crippen molar-refractivity contribution < 1.29 is 22.8 Å². The predicted molar refractivity (Wildman–Crippen MR) is 111 cm³/mol. The highest BCUT2D eigenvalue weighted by molar-refractivity contribution is 7.86. The van der Waals surface area contributed by atoms with Crippen LogP contribution in [-0.4, -0.2) is 18.1 Å². The van der Waals surface area contributed by atoms with Gasteiger partial charge < -0.3 is 9.84 Å². The molecule has 0 unspecified atom stereocenters. The maximum atomic E-state index is 11.3. The zero-order chi connectivity index (χ0) is 20.4. The fraction of sp³-hybridized carbons (Fsp3) is 0.455. The molecule has 0 spiro atoms. The van der Waals surface area contributed by atoms with Crippen LogP contribution >= 0.6 is 0 Å². The summed E-state index contributed by atoms with van der Waals surface area (Å²) >= 11 is 0. The standard InChI is InChI=1S/C22H30O5S/c1-2-3-4-5-6-7-8-9-11-18-12-10-13-19(16-18)27-20-14-15-21(23)22(17-20)28(24,25)26/h10,12-17,23H,2-9,11H2,1H3,(H,24,25,26). The Kier molecular flexibility index (Phi) is 8.80. The highest BCUT2D eigenvalue weighted by Crippen LogP contribution is 2.30. The van der Waals surface area contributed by atoms with Gasteiger partial charge in [0.2, 0.25) is 0 Å². The number of unbranched alkanes of at least 4 members (excludes halogenated alkanes) is 7. The van der Waals surface area contributed by atoms with E-state index in [1.807, 2.05) is 12.1 Å². The number of rotatable bonds is 12. The highest BCUT2D eigenvalue weighted by atomic mass is 32.2. The molecule has 0 bridgehead atoms. The molecule has 0 fully saturated rings. The lowest BCUT2D eigenvalue weighted by Gasteiger charge is -2.09. The third kappa shape index (κ3) is 7.52. The Morgan fingerprint density at radius 2 is 1.50 bits per heavy atom. The van der Waals surface area contributed by atoms with Gasteiger partial charge in [0, 0.05) is 6.07 Å². The number of hydrogen-bond acceptors (Lipinski definition) is 4. The van der Waals surface area contributed by atoms with Crippen LogP contribution in [0.15, 0.2) is 47.4 Å². The molecule has 2 rings (SSSR count). The lowest BCUT2D eigenvalue weighted by Crippen LogP contribution is -1.99. The van der Waals surface area contributed by atoms with Crippen molar-refractivity contribution in [1.82, 2.24) is 0 Å². The largest absolute Gasteiger partial charge is 0.506 e. The zero-order valence-electron chi connectivity index (χ0n) is 16.4. The molecule has 0 aliphatic rings. The van der Waals surface area contributed by atoms with Gasteiger partial charge in [0.1, 0.15) is 22.1 Å². The molecule has 0 radical (unpaired) electrons. The molecule has 0 aliphatic heterocycles. The molecule has 2 aromatic rings. The van der Waals surface area contributed by atoms with Crippen molar-refractivity contribution in [2.75, 3.05) is 0 Å². The van der Waals surface area contributed by atoms with E-state index in [1.54, 1.807) is 6.07 Å². The fourth-order valence-electron chi connectivity index (χ4n) is 3.13. The Bertz CT molecular complexity index is 846. The second kappa shape index (κ2) is 11.1. The van der Waals surface area contributed by atoms with Crippen molar-refractivity contribution in [1.29, 1.82) is 0 Å². The molecule has 0 atom stereocenters.